The van der Waals surface area contributed by atoms with E-state index in [-0.39, 0.29) is 17.0 Å². The van der Waals surface area contributed by atoms with Crippen LogP contribution >= 0.6 is 0 Å². The van der Waals surface area contributed by atoms with Gasteiger partial charge in [0.25, 0.3) is 0 Å². The second-order valence-corrected chi connectivity index (χ2v) is 9.08. The summed E-state index contributed by atoms with van der Waals surface area (Å²) in [7, 11) is 0. The number of carbonyl (C=O) groups is 1. The Bertz CT molecular complexity index is 1440. The molecule has 0 unspecified atom stereocenters. The first kappa shape index (κ1) is 20.6. The van der Waals surface area contributed by atoms with Crippen molar-refractivity contribution in [2.75, 3.05) is 23.8 Å². The number of halogens is 1. The average molecular weight is 463 g/mol. The zero-order valence-electron chi connectivity index (χ0n) is 18.4. The molecule has 2 fully saturated rings. The summed E-state index contributed by atoms with van der Waals surface area (Å²) in [5.74, 6) is -0.300. The first-order valence-electron chi connectivity index (χ1n) is 10.9. The van der Waals surface area contributed by atoms with Crippen molar-refractivity contribution in [1.29, 1.82) is 0 Å². The molecule has 1 aliphatic carbocycles. The highest BCUT2D eigenvalue weighted by Crippen LogP contribution is 2.43. The number of rotatable bonds is 5. The molecule has 4 aromatic rings. The van der Waals surface area contributed by atoms with Crippen LogP contribution in [0.4, 0.5) is 26.6 Å². The van der Waals surface area contributed by atoms with Gasteiger partial charge in [-0.15, -0.1) is 0 Å². The quantitative estimate of drug-likeness (QED) is 0.461. The number of nitrogens with two attached hydrogens (primary N) is 2. The minimum absolute atomic E-state index is 0.0326. The molecule has 4 N–H and O–H groups in total. The van der Waals surface area contributed by atoms with E-state index in [0.717, 1.165) is 29.0 Å². The summed E-state index contributed by atoms with van der Waals surface area (Å²) in [6, 6.07) is 5.55. The van der Waals surface area contributed by atoms with Crippen molar-refractivity contribution in [3.05, 3.63) is 48.3 Å². The van der Waals surface area contributed by atoms with Gasteiger partial charge in [-0.25, -0.2) is 24.1 Å². The summed E-state index contributed by atoms with van der Waals surface area (Å²) in [4.78, 5) is 21.8. The number of nitrogens with zero attached hydrogens (tertiary/aromatic N) is 5. The van der Waals surface area contributed by atoms with E-state index in [2.05, 4.69) is 19.7 Å². The molecule has 1 aliphatic heterocycles. The Morgan fingerprint density at radius 1 is 1.26 bits per heavy atom. The van der Waals surface area contributed by atoms with Crippen molar-refractivity contribution in [2.24, 2.45) is 5.73 Å². The summed E-state index contributed by atoms with van der Waals surface area (Å²) in [5, 5.41) is 4.72. The largest absolute Gasteiger partial charge is 0.383 e. The van der Waals surface area contributed by atoms with E-state index in [1.165, 1.54) is 18.5 Å². The van der Waals surface area contributed by atoms with E-state index in [1.807, 2.05) is 13.1 Å². The number of amides is 2. The highest BCUT2D eigenvalue weighted by atomic mass is 19.1. The molecule has 1 saturated carbocycles. The van der Waals surface area contributed by atoms with Gasteiger partial charge in [0, 0.05) is 23.9 Å². The van der Waals surface area contributed by atoms with Gasteiger partial charge in [0.05, 0.1) is 35.4 Å². The Morgan fingerprint density at radius 3 is 2.71 bits per heavy atom. The molecular weight excluding hydrogens is 441 g/mol. The number of ether oxygens (including phenoxy) is 1. The maximum absolute atomic E-state index is 15.4. The van der Waals surface area contributed by atoms with Crippen LogP contribution in [0.15, 0.2) is 41.3 Å². The molecule has 3 aromatic heterocycles. The van der Waals surface area contributed by atoms with Crippen molar-refractivity contribution in [1.82, 2.24) is 19.7 Å². The number of benzene rings is 1. The third-order valence-electron chi connectivity index (χ3n) is 6.48. The summed E-state index contributed by atoms with van der Waals surface area (Å²) in [6.07, 6.45) is 5.46. The molecule has 0 radical (unpaired) electrons. The van der Waals surface area contributed by atoms with Crippen LogP contribution in [-0.4, -0.2) is 38.9 Å². The highest BCUT2D eigenvalue weighted by Gasteiger charge is 2.39. The molecule has 2 amide bonds. The fourth-order valence-corrected chi connectivity index (χ4v) is 4.37. The van der Waals surface area contributed by atoms with Crippen LogP contribution in [0.3, 0.4) is 0 Å². The zero-order valence-corrected chi connectivity index (χ0v) is 18.4. The highest BCUT2D eigenvalue weighted by molar-refractivity contribution is 6.02. The van der Waals surface area contributed by atoms with E-state index in [1.54, 1.807) is 12.1 Å². The van der Waals surface area contributed by atoms with Crippen molar-refractivity contribution in [3.63, 3.8) is 0 Å². The molecule has 11 heteroatoms. The third kappa shape index (κ3) is 3.11. The fraction of sp³-hybridized carbons (Fsp3) is 0.304. The number of urea groups is 1. The van der Waals surface area contributed by atoms with Crippen molar-refractivity contribution in [2.45, 2.75) is 31.2 Å². The molecule has 10 nitrogen and oxygen atoms in total. The van der Waals surface area contributed by atoms with Crippen LogP contribution < -0.4 is 16.4 Å². The number of nitrogen functional groups attached to an aromatic ring is 1. The monoisotopic (exact) mass is 463 g/mol. The van der Waals surface area contributed by atoms with Crippen LogP contribution in [0.25, 0.3) is 22.2 Å². The van der Waals surface area contributed by atoms with Gasteiger partial charge in [0.2, 0.25) is 5.88 Å². The molecular formula is C23H22FN7O3. The number of primary amides is 1. The lowest BCUT2D eigenvalue weighted by Crippen LogP contribution is -2.44. The van der Waals surface area contributed by atoms with Crippen LogP contribution in [0.1, 0.15) is 31.5 Å². The Labute approximate surface area is 193 Å². The first-order chi connectivity index (χ1) is 16.4. The SMILES string of the molecule is CC1(c2cc(N(C(N)=O)c3ccc(-c4cn(C5CC5)c5ncnc(N)c45)cc3F)on2)COC1. The van der Waals surface area contributed by atoms with Crippen LogP contribution in [0.5, 0.6) is 0 Å². The van der Waals surface area contributed by atoms with Gasteiger partial charge in [0.1, 0.15) is 23.6 Å². The van der Waals surface area contributed by atoms with Gasteiger partial charge in [-0.2, -0.15) is 0 Å². The second kappa shape index (κ2) is 7.26. The van der Waals surface area contributed by atoms with Gasteiger partial charge in [-0.05, 0) is 37.5 Å². The Kier molecular flexibility index (Phi) is 4.40. The van der Waals surface area contributed by atoms with Crippen molar-refractivity contribution in [3.8, 4) is 11.1 Å². The second-order valence-electron chi connectivity index (χ2n) is 9.08. The summed E-state index contributed by atoms with van der Waals surface area (Å²) >= 11 is 0. The fourth-order valence-electron chi connectivity index (χ4n) is 4.37. The van der Waals surface area contributed by atoms with Crippen LogP contribution in [0.2, 0.25) is 0 Å². The smallest absolute Gasteiger partial charge is 0.326 e. The number of aromatic nitrogens is 4. The molecule has 1 aromatic carbocycles. The van der Waals surface area contributed by atoms with Gasteiger partial charge in [0.15, 0.2) is 0 Å². The van der Waals surface area contributed by atoms with Gasteiger partial charge >= 0.3 is 6.03 Å². The Hall–Kier alpha value is -3.99. The first-order valence-corrected chi connectivity index (χ1v) is 10.9. The number of carbonyl (C=O) groups excluding carboxylic acids is 1. The summed E-state index contributed by atoms with van der Waals surface area (Å²) < 4.78 is 28.1. The van der Waals surface area contributed by atoms with Crippen molar-refractivity contribution >= 4 is 34.5 Å². The third-order valence-corrected chi connectivity index (χ3v) is 6.48. The molecule has 0 spiro atoms. The molecule has 174 valence electrons. The normalized spacial score (nSPS) is 17.0. The maximum atomic E-state index is 15.4. The van der Waals surface area contributed by atoms with E-state index >= 15 is 4.39 Å². The van der Waals surface area contributed by atoms with Crippen LogP contribution in [0, 0.1) is 5.82 Å². The number of fused-ring (bicyclic) bond motifs is 1. The average Bonchev–Trinajstić information content (AvgIpc) is 3.37. The van der Waals surface area contributed by atoms with Gasteiger partial charge in [-0.1, -0.05) is 11.2 Å². The predicted molar refractivity (Wildman–Crippen MR) is 122 cm³/mol. The van der Waals surface area contributed by atoms with E-state index in [4.69, 9.17) is 20.7 Å². The number of hydrogen-bond acceptors (Lipinski definition) is 7. The van der Waals surface area contributed by atoms with E-state index in [0.29, 0.717) is 41.7 Å². The summed E-state index contributed by atoms with van der Waals surface area (Å²) in [6.45, 7) is 2.94. The predicted octanol–water partition coefficient (Wildman–Crippen LogP) is 3.65. The topological polar surface area (TPSA) is 138 Å². The summed E-state index contributed by atoms with van der Waals surface area (Å²) in [5.41, 5.74) is 14.0. The van der Waals surface area contributed by atoms with Gasteiger partial charge < -0.3 is 25.3 Å². The van der Waals surface area contributed by atoms with Crippen molar-refractivity contribution < 1.29 is 18.4 Å². The lowest BCUT2D eigenvalue weighted by molar-refractivity contribution is -0.0532. The molecule has 1 saturated heterocycles. The number of anilines is 3. The zero-order chi connectivity index (χ0) is 23.6. The minimum atomic E-state index is -0.896. The standard InChI is InChI=1S/C23H22FN7O3/c1-23(9-33-10-23)17-7-18(34-29-17)31(22(26)32)16-5-2-12(6-15(16)24)14-8-30(13-3-4-13)21-19(14)20(25)27-11-28-21/h2,5-8,11,13H,3-4,9-10H2,1H3,(H2,26,32)(H2,25,27,28). The molecule has 0 bridgehead atoms. The molecule has 6 rings (SSSR count). The van der Waals surface area contributed by atoms with E-state index in [9.17, 15) is 4.79 Å². The minimum Gasteiger partial charge on any atom is -0.383 e. The Balaban J connectivity index is 1.41. The molecule has 4 heterocycles. The molecule has 0 atom stereocenters. The van der Waals surface area contributed by atoms with Gasteiger partial charge in [-0.3, -0.25) is 0 Å². The van der Waals surface area contributed by atoms with Crippen LogP contribution in [-0.2, 0) is 10.2 Å². The molecule has 34 heavy (non-hydrogen) atoms. The lowest BCUT2D eigenvalue weighted by atomic mass is 9.85. The number of hydrogen-bond donors (Lipinski definition) is 2. The Morgan fingerprint density at radius 2 is 2.06 bits per heavy atom. The maximum Gasteiger partial charge on any atom is 0.326 e. The molecule has 2 aliphatic rings. The van der Waals surface area contributed by atoms with E-state index < -0.39 is 11.8 Å². The lowest BCUT2D eigenvalue weighted by Gasteiger charge is -2.35.